The fourth-order valence-corrected chi connectivity index (χ4v) is 3.29. The second-order valence-corrected chi connectivity index (χ2v) is 7.58. The molecule has 9 nitrogen and oxygen atoms in total. The maximum atomic E-state index is 12.5. The van der Waals surface area contributed by atoms with E-state index in [0.717, 1.165) is 15.8 Å². The highest BCUT2D eigenvalue weighted by atomic mass is 79.9. The van der Waals surface area contributed by atoms with Gasteiger partial charge in [0.2, 0.25) is 5.95 Å². The SMILES string of the molecule is Cn1c(=O)[nH]c(=O)c2c1nc(N/N=C\c1ccc(Br)cc1)n2CCOc1ccccc1. The standard InChI is InChI=1S/C21H19BrN6O3/c1-27-18-17(19(29)25-21(27)30)28(11-12-31-16-5-3-2-4-6-16)20(24-18)26-23-13-14-7-9-15(22)10-8-14/h2-10,13H,11-12H2,1H3,(H,24,26)(H,25,29,30)/b23-13-. The minimum absolute atomic E-state index is 0.259. The number of hydrazone groups is 1. The number of imidazole rings is 1. The summed E-state index contributed by atoms with van der Waals surface area (Å²) in [5.41, 5.74) is 3.23. The first kappa shape index (κ1) is 20.6. The fourth-order valence-electron chi connectivity index (χ4n) is 3.02. The highest BCUT2D eigenvalue weighted by Gasteiger charge is 2.17. The Kier molecular flexibility index (Phi) is 5.99. The Balaban J connectivity index is 1.64. The largest absolute Gasteiger partial charge is 0.492 e. The van der Waals surface area contributed by atoms with Crippen molar-refractivity contribution in [1.82, 2.24) is 19.1 Å². The number of para-hydroxylation sites is 1. The normalized spacial score (nSPS) is 11.3. The van der Waals surface area contributed by atoms with Crippen LogP contribution in [0.4, 0.5) is 5.95 Å². The van der Waals surface area contributed by atoms with Crippen molar-refractivity contribution in [2.45, 2.75) is 6.54 Å². The van der Waals surface area contributed by atoms with Crippen LogP contribution in [-0.4, -0.2) is 31.9 Å². The van der Waals surface area contributed by atoms with E-state index in [-0.39, 0.29) is 11.2 Å². The van der Waals surface area contributed by atoms with Crippen molar-refractivity contribution in [2.24, 2.45) is 12.1 Å². The Morgan fingerprint density at radius 3 is 2.65 bits per heavy atom. The third kappa shape index (κ3) is 4.58. The summed E-state index contributed by atoms with van der Waals surface area (Å²) in [4.78, 5) is 31.2. The zero-order valence-electron chi connectivity index (χ0n) is 16.6. The maximum Gasteiger partial charge on any atom is 0.329 e. The zero-order valence-corrected chi connectivity index (χ0v) is 18.2. The number of H-pyrrole nitrogens is 1. The van der Waals surface area contributed by atoms with E-state index in [2.05, 4.69) is 36.4 Å². The molecule has 0 aliphatic rings. The van der Waals surface area contributed by atoms with Crippen LogP contribution in [-0.2, 0) is 13.6 Å². The number of hydrogen-bond donors (Lipinski definition) is 2. The predicted molar refractivity (Wildman–Crippen MR) is 123 cm³/mol. The van der Waals surface area contributed by atoms with Gasteiger partial charge in [-0.2, -0.15) is 10.1 Å². The van der Waals surface area contributed by atoms with Crippen molar-refractivity contribution in [1.29, 1.82) is 0 Å². The molecule has 4 rings (SSSR count). The third-order valence-corrected chi connectivity index (χ3v) is 5.11. The van der Waals surface area contributed by atoms with E-state index in [1.54, 1.807) is 17.8 Å². The lowest BCUT2D eigenvalue weighted by Crippen LogP contribution is -2.29. The minimum atomic E-state index is -0.535. The summed E-state index contributed by atoms with van der Waals surface area (Å²) in [7, 11) is 1.55. The van der Waals surface area contributed by atoms with Crippen LogP contribution < -0.4 is 21.4 Å². The quantitative estimate of drug-likeness (QED) is 0.311. The van der Waals surface area contributed by atoms with Crippen LogP contribution in [0.1, 0.15) is 5.56 Å². The summed E-state index contributed by atoms with van der Waals surface area (Å²) in [6.07, 6.45) is 1.64. The van der Waals surface area contributed by atoms with Crippen molar-refractivity contribution in [3.8, 4) is 5.75 Å². The van der Waals surface area contributed by atoms with Crippen LogP contribution in [0, 0.1) is 0 Å². The number of nitrogens with zero attached hydrogens (tertiary/aromatic N) is 4. The first-order valence-electron chi connectivity index (χ1n) is 9.45. The van der Waals surface area contributed by atoms with Gasteiger partial charge in [0.05, 0.1) is 12.8 Å². The lowest BCUT2D eigenvalue weighted by Gasteiger charge is -2.10. The van der Waals surface area contributed by atoms with Gasteiger partial charge in [0.25, 0.3) is 5.56 Å². The first-order valence-corrected chi connectivity index (χ1v) is 10.2. The highest BCUT2D eigenvalue weighted by Crippen LogP contribution is 2.16. The Morgan fingerprint density at radius 1 is 1.16 bits per heavy atom. The number of aromatic amines is 1. The molecule has 2 aromatic carbocycles. The molecule has 2 heterocycles. The van der Waals surface area contributed by atoms with Crippen LogP contribution >= 0.6 is 15.9 Å². The van der Waals surface area contributed by atoms with E-state index in [1.807, 2.05) is 54.6 Å². The summed E-state index contributed by atoms with van der Waals surface area (Å²) >= 11 is 3.39. The number of hydrogen-bond acceptors (Lipinski definition) is 6. The fraction of sp³-hybridized carbons (Fsp3) is 0.143. The Morgan fingerprint density at radius 2 is 1.90 bits per heavy atom. The molecule has 0 spiro atoms. The maximum absolute atomic E-state index is 12.5. The number of rotatable bonds is 7. The number of benzene rings is 2. The first-order chi connectivity index (χ1) is 15.0. The van der Waals surface area contributed by atoms with Gasteiger partial charge in [-0.25, -0.2) is 10.2 Å². The smallest absolute Gasteiger partial charge is 0.329 e. The van der Waals surface area contributed by atoms with Crippen molar-refractivity contribution in [3.05, 3.63) is 85.5 Å². The molecular weight excluding hydrogens is 464 g/mol. The molecule has 0 radical (unpaired) electrons. The average molecular weight is 483 g/mol. The zero-order chi connectivity index (χ0) is 21.8. The number of ether oxygens (including phenoxy) is 1. The van der Waals surface area contributed by atoms with Crippen molar-refractivity contribution in [2.75, 3.05) is 12.0 Å². The lowest BCUT2D eigenvalue weighted by molar-refractivity contribution is 0.301. The van der Waals surface area contributed by atoms with Crippen LogP contribution in [0.3, 0.4) is 0 Å². The second kappa shape index (κ2) is 9.00. The van der Waals surface area contributed by atoms with Gasteiger partial charge in [-0.3, -0.25) is 18.9 Å². The molecule has 31 heavy (non-hydrogen) atoms. The third-order valence-electron chi connectivity index (χ3n) is 4.58. The number of fused-ring (bicyclic) bond motifs is 1. The molecule has 0 amide bonds. The van der Waals surface area contributed by atoms with Gasteiger partial charge < -0.3 is 4.74 Å². The summed E-state index contributed by atoms with van der Waals surface area (Å²) < 4.78 is 9.67. The number of nitrogens with one attached hydrogen (secondary N) is 2. The molecule has 0 unspecified atom stereocenters. The van der Waals surface area contributed by atoms with Gasteiger partial charge in [-0.15, -0.1) is 0 Å². The average Bonchev–Trinajstić information content (AvgIpc) is 3.13. The van der Waals surface area contributed by atoms with Gasteiger partial charge in [0.15, 0.2) is 11.2 Å². The van der Waals surface area contributed by atoms with E-state index in [9.17, 15) is 9.59 Å². The van der Waals surface area contributed by atoms with Crippen LogP contribution in [0.5, 0.6) is 5.75 Å². The monoisotopic (exact) mass is 482 g/mol. The van der Waals surface area contributed by atoms with E-state index in [0.29, 0.717) is 19.1 Å². The topological polar surface area (TPSA) is 106 Å². The number of halogens is 1. The molecule has 158 valence electrons. The molecule has 0 saturated carbocycles. The Labute approximate surface area is 185 Å². The van der Waals surface area contributed by atoms with Gasteiger partial charge in [-0.05, 0) is 29.8 Å². The van der Waals surface area contributed by atoms with Gasteiger partial charge >= 0.3 is 5.69 Å². The molecule has 0 bridgehead atoms. The van der Waals surface area contributed by atoms with E-state index >= 15 is 0 Å². The van der Waals surface area contributed by atoms with Crippen LogP contribution in [0.15, 0.2) is 73.8 Å². The molecule has 2 N–H and O–H groups in total. The molecule has 0 fully saturated rings. The van der Waals surface area contributed by atoms with E-state index < -0.39 is 11.2 Å². The molecule has 2 aromatic heterocycles. The summed E-state index contributed by atoms with van der Waals surface area (Å²) in [6.45, 7) is 0.617. The van der Waals surface area contributed by atoms with Crippen LogP contribution in [0.2, 0.25) is 0 Å². The Hall–Kier alpha value is -3.66. The molecule has 0 aliphatic heterocycles. The molecule has 4 aromatic rings. The number of anilines is 1. The molecule has 0 atom stereocenters. The van der Waals surface area contributed by atoms with Crippen LogP contribution in [0.25, 0.3) is 11.2 Å². The second-order valence-electron chi connectivity index (χ2n) is 6.66. The molecule has 0 aliphatic carbocycles. The van der Waals surface area contributed by atoms with Crippen molar-refractivity contribution < 1.29 is 4.74 Å². The number of aromatic nitrogens is 4. The van der Waals surface area contributed by atoms with E-state index in [1.165, 1.54) is 4.57 Å². The number of aryl methyl sites for hydroxylation is 1. The minimum Gasteiger partial charge on any atom is -0.492 e. The lowest BCUT2D eigenvalue weighted by atomic mass is 10.2. The van der Waals surface area contributed by atoms with Gasteiger partial charge in [0.1, 0.15) is 12.4 Å². The van der Waals surface area contributed by atoms with Gasteiger partial charge in [0, 0.05) is 11.5 Å². The predicted octanol–water partition coefficient (Wildman–Crippen LogP) is 2.71. The molecule has 0 saturated heterocycles. The van der Waals surface area contributed by atoms with E-state index in [4.69, 9.17) is 4.74 Å². The Bertz CT molecular complexity index is 1340. The molecular formula is C21H19BrN6O3. The van der Waals surface area contributed by atoms with Gasteiger partial charge in [-0.1, -0.05) is 46.3 Å². The van der Waals surface area contributed by atoms with Crippen molar-refractivity contribution >= 4 is 39.3 Å². The molecule has 10 heteroatoms. The summed E-state index contributed by atoms with van der Waals surface area (Å²) in [6, 6.07) is 17.0. The summed E-state index contributed by atoms with van der Waals surface area (Å²) in [5, 5.41) is 4.23. The van der Waals surface area contributed by atoms with Crippen molar-refractivity contribution in [3.63, 3.8) is 0 Å². The highest BCUT2D eigenvalue weighted by molar-refractivity contribution is 9.10. The summed E-state index contributed by atoms with van der Waals surface area (Å²) in [5.74, 6) is 1.04.